The van der Waals surface area contributed by atoms with Crippen LogP contribution in [0.15, 0.2) is 48.5 Å². The third-order valence-electron chi connectivity index (χ3n) is 3.18. The number of nitrogens with one attached hydrogen (secondary N) is 2. The number of halogens is 1. The summed E-state index contributed by atoms with van der Waals surface area (Å²) in [6.07, 6.45) is 0.725. The summed E-state index contributed by atoms with van der Waals surface area (Å²) in [4.78, 5) is 19.4. The van der Waals surface area contributed by atoms with Crippen molar-refractivity contribution in [2.75, 3.05) is 5.32 Å². The van der Waals surface area contributed by atoms with Crippen molar-refractivity contribution in [3.63, 3.8) is 0 Å². The maximum absolute atomic E-state index is 13.4. The van der Waals surface area contributed by atoms with Crippen molar-refractivity contribution in [2.24, 2.45) is 0 Å². The Morgan fingerprint density at radius 1 is 1.14 bits per heavy atom. The summed E-state index contributed by atoms with van der Waals surface area (Å²) in [5.74, 6) is 0.0787. The largest absolute Gasteiger partial charge is 0.342 e. The molecule has 1 amide bonds. The number of fused-ring (bicyclic) bond motifs is 1. The summed E-state index contributed by atoms with van der Waals surface area (Å²) in [5.41, 5.74) is 2.02. The van der Waals surface area contributed by atoms with Gasteiger partial charge in [0, 0.05) is 12.8 Å². The van der Waals surface area contributed by atoms with Crippen molar-refractivity contribution < 1.29 is 9.18 Å². The number of para-hydroxylation sites is 3. The number of hydrogen-bond acceptors (Lipinski definition) is 2. The van der Waals surface area contributed by atoms with Crippen LogP contribution in [0, 0.1) is 5.82 Å². The lowest BCUT2D eigenvalue weighted by molar-refractivity contribution is -0.116. The molecule has 0 unspecified atom stereocenters. The Kier molecular flexibility index (Phi) is 3.64. The summed E-state index contributed by atoms with van der Waals surface area (Å²) in [6, 6.07) is 13.8. The lowest BCUT2D eigenvalue weighted by Crippen LogP contribution is -2.13. The van der Waals surface area contributed by atoms with Gasteiger partial charge in [0.25, 0.3) is 0 Å². The second kappa shape index (κ2) is 5.75. The molecule has 0 saturated heterocycles. The first-order valence-corrected chi connectivity index (χ1v) is 6.70. The van der Waals surface area contributed by atoms with Gasteiger partial charge in [0.1, 0.15) is 11.6 Å². The van der Waals surface area contributed by atoms with E-state index in [1.165, 1.54) is 12.1 Å². The number of anilines is 1. The quantitative estimate of drug-likeness (QED) is 0.772. The van der Waals surface area contributed by atoms with Crippen LogP contribution in [0.4, 0.5) is 10.1 Å². The molecule has 0 bridgehead atoms. The van der Waals surface area contributed by atoms with Gasteiger partial charge in [-0.2, -0.15) is 0 Å². The van der Waals surface area contributed by atoms with Crippen molar-refractivity contribution >= 4 is 22.6 Å². The molecular weight excluding hydrogens is 269 g/mol. The molecule has 1 heterocycles. The Hall–Kier alpha value is -2.69. The maximum atomic E-state index is 13.4. The Bertz CT molecular complexity index is 749. The van der Waals surface area contributed by atoms with Gasteiger partial charge in [-0.3, -0.25) is 4.79 Å². The van der Waals surface area contributed by atoms with Crippen LogP contribution >= 0.6 is 0 Å². The molecule has 0 spiro atoms. The van der Waals surface area contributed by atoms with E-state index in [0.29, 0.717) is 6.42 Å². The van der Waals surface area contributed by atoms with E-state index >= 15 is 0 Å². The predicted octanol–water partition coefficient (Wildman–Crippen LogP) is 3.27. The van der Waals surface area contributed by atoms with Gasteiger partial charge in [0.05, 0.1) is 16.7 Å². The number of nitrogens with zero attached hydrogens (tertiary/aromatic N) is 1. The third kappa shape index (κ3) is 3.08. The SMILES string of the molecule is O=C(CCc1nc2ccccc2[nH]1)Nc1ccccc1F. The molecule has 0 aliphatic heterocycles. The molecule has 3 aromatic rings. The highest BCUT2D eigenvalue weighted by Crippen LogP contribution is 2.14. The summed E-state index contributed by atoms with van der Waals surface area (Å²) >= 11 is 0. The molecule has 0 fully saturated rings. The summed E-state index contributed by atoms with van der Waals surface area (Å²) in [7, 11) is 0. The molecule has 0 radical (unpaired) electrons. The zero-order valence-electron chi connectivity index (χ0n) is 11.3. The van der Waals surface area contributed by atoms with Crippen LogP contribution in [-0.2, 0) is 11.2 Å². The van der Waals surface area contributed by atoms with Gasteiger partial charge in [0.2, 0.25) is 5.91 Å². The molecule has 3 rings (SSSR count). The second-order valence-electron chi connectivity index (χ2n) is 4.73. The van der Waals surface area contributed by atoms with Gasteiger partial charge >= 0.3 is 0 Å². The van der Waals surface area contributed by atoms with E-state index in [1.54, 1.807) is 12.1 Å². The van der Waals surface area contributed by atoms with Gasteiger partial charge < -0.3 is 10.3 Å². The maximum Gasteiger partial charge on any atom is 0.224 e. The fourth-order valence-electron chi connectivity index (χ4n) is 2.13. The molecule has 2 N–H and O–H groups in total. The Morgan fingerprint density at radius 2 is 1.90 bits per heavy atom. The molecular formula is C16H14FN3O. The number of imidazole rings is 1. The number of amides is 1. The molecule has 0 aliphatic rings. The molecule has 0 atom stereocenters. The number of rotatable bonds is 4. The lowest BCUT2D eigenvalue weighted by atomic mass is 10.2. The second-order valence-corrected chi connectivity index (χ2v) is 4.73. The number of H-pyrrole nitrogens is 1. The van der Waals surface area contributed by atoms with E-state index < -0.39 is 5.82 Å². The minimum Gasteiger partial charge on any atom is -0.342 e. The molecule has 21 heavy (non-hydrogen) atoms. The van der Waals surface area contributed by atoms with Crippen LogP contribution in [0.5, 0.6) is 0 Å². The van der Waals surface area contributed by atoms with Crippen LogP contribution in [0.25, 0.3) is 11.0 Å². The molecule has 0 aliphatic carbocycles. The first-order valence-electron chi connectivity index (χ1n) is 6.70. The first-order chi connectivity index (χ1) is 10.2. The number of hydrogen-bond donors (Lipinski definition) is 2. The van der Waals surface area contributed by atoms with E-state index in [9.17, 15) is 9.18 Å². The zero-order valence-corrected chi connectivity index (χ0v) is 11.3. The smallest absolute Gasteiger partial charge is 0.224 e. The van der Waals surface area contributed by atoms with E-state index in [1.807, 2.05) is 24.3 Å². The standard InChI is InChI=1S/C16H14FN3O/c17-11-5-1-2-6-12(11)20-16(21)10-9-15-18-13-7-3-4-8-14(13)19-15/h1-8H,9-10H2,(H,18,19)(H,20,21). The number of carbonyl (C=O) groups is 1. The summed E-state index contributed by atoms with van der Waals surface area (Å²) in [6.45, 7) is 0. The van der Waals surface area contributed by atoms with Gasteiger partial charge in [-0.15, -0.1) is 0 Å². The van der Waals surface area contributed by atoms with Crippen molar-refractivity contribution in [1.82, 2.24) is 9.97 Å². The van der Waals surface area contributed by atoms with E-state index in [0.717, 1.165) is 16.9 Å². The lowest BCUT2D eigenvalue weighted by Gasteiger charge is -2.05. The topological polar surface area (TPSA) is 57.8 Å². The zero-order chi connectivity index (χ0) is 14.7. The van der Waals surface area contributed by atoms with Crippen LogP contribution in [0.1, 0.15) is 12.2 Å². The molecule has 2 aromatic carbocycles. The summed E-state index contributed by atoms with van der Waals surface area (Å²) in [5, 5.41) is 2.56. The molecule has 106 valence electrons. The fourth-order valence-corrected chi connectivity index (χ4v) is 2.13. The van der Waals surface area contributed by atoms with Crippen molar-refractivity contribution in [1.29, 1.82) is 0 Å². The molecule has 4 nitrogen and oxygen atoms in total. The normalized spacial score (nSPS) is 10.7. The summed E-state index contributed by atoms with van der Waals surface area (Å²) < 4.78 is 13.4. The Labute approximate surface area is 121 Å². The van der Waals surface area contributed by atoms with E-state index in [-0.39, 0.29) is 18.0 Å². The number of aryl methyl sites for hydroxylation is 1. The molecule has 1 aromatic heterocycles. The average molecular weight is 283 g/mol. The van der Waals surface area contributed by atoms with Crippen LogP contribution < -0.4 is 5.32 Å². The average Bonchev–Trinajstić information content (AvgIpc) is 2.90. The van der Waals surface area contributed by atoms with Gasteiger partial charge in [-0.05, 0) is 24.3 Å². The monoisotopic (exact) mass is 283 g/mol. The number of aromatic nitrogens is 2. The first kappa shape index (κ1) is 13.3. The fraction of sp³-hybridized carbons (Fsp3) is 0.125. The van der Waals surface area contributed by atoms with E-state index in [4.69, 9.17) is 0 Å². The third-order valence-corrected chi connectivity index (χ3v) is 3.18. The van der Waals surface area contributed by atoms with Crippen molar-refractivity contribution in [3.8, 4) is 0 Å². The van der Waals surface area contributed by atoms with Gasteiger partial charge in [-0.1, -0.05) is 24.3 Å². The van der Waals surface area contributed by atoms with Crippen LogP contribution in [0.2, 0.25) is 0 Å². The minimum atomic E-state index is -0.436. The minimum absolute atomic E-state index is 0.201. The van der Waals surface area contributed by atoms with Gasteiger partial charge in [-0.25, -0.2) is 9.37 Å². The Morgan fingerprint density at radius 3 is 2.71 bits per heavy atom. The van der Waals surface area contributed by atoms with Crippen LogP contribution in [0.3, 0.4) is 0 Å². The van der Waals surface area contributed by atoms with Crippen LogP contribution in [-0.4, -0.2) is 15.9 Å². The number of benzene rings is 2. The number of aromatic amines is 1. The number of carbonyl (C=O) groups excluding carboxylic acids is 1. The van der Waals surface area contributed by atoms with Crippen molar-refractivity contribution in [2.45, 2.75) is 12.8 Å². The predicted molar refractivity (Wildman–Crippen MR) is 79.4 cm³/mol. The Balaban J connectivity index is 1.62. The molecule has 0 saturated carbocycles. The highest BCUT2D eigenvalue weighted by molar-refractivity contribution is 5.90. The van der Waals surface area contributed by atoms with Gasteiger partial charge in [0.15, 0.2) is 0 Å². The molecule has 5 heteroatoms. The highest BCUT2D eigenvalue weighted by Gasteiger charge is 2.08. The van der Waals surface area contributed by atoms with E-state index in [2.05, 4.69) is 15.3 Å². The highest BCUT2D eigenvalue weighted by atomic mass is 19.1. The van der Waals surface area contributed by atoms with Crippen molar-refractivity contribution in [3.05, 3.63) is 60.2 Å².